The Morgan fingerprint density at radius 3 is 2.25 bits per heavy atom. The maximum atomic E-state index is 12.5. The highest BCUT2D eigenvalue weighted by atomic mass is 16.2. The number of carbonyl (C=O) groups is 1. The van der Waals surface area contributed by atoms with Gasteiger partial charge in [-0.05, 0) is 49.1 Å². The van der Waals surface area contributed by atoms with E-state index in [1.807, 2.05) is 48.2 Å². The summed E-state index contributed by atoms with van der Waals surface area (Å²) in [5.41, 5.74) is 7.88. The summed E-state index contributed by atoms with van der Waals surface area (Å²) in [6.07, 6.45) is 1.98. The summed E-state index contributed by atoms with van der Waals surface area (Å²) in [7, 11) is 3.99. The van der Waals surface area contributed by atoms with E-state index in [0.717, 1.165) is 37.2 Å². The Kier molecular flexibility index (Phi) is 4.33. The first kappa shape index (κ1) is 14.9. The minimum atomic E-state index is 0.134. The van der Waals surface area contributed by atoms with Crippen LogP contribution in [-0.2, 0) is 0 Å². The number of nitrogens with two attached hydrogens (primary N) is 1. The molecular formula is C16H25N3O. The zero-order chi connectivity index (χ0) is 14.8. The van der Waals surface area contributed by atoms with Gasteiger partial charge >= 0.3 is 0 Å². The smallest absolute Gasteiger partial charge is 0.253 e. The molecule has 1 aliphatic heterocycles. The van der Waals surface area contributed by atoms with Gasteiger partial charge in [-0.3, -0.25) is 4.79 Å². The van der Waals surface area contributed by atoms with Crippen molar-refractivity contribution in [1.29, 1.82) is 0 Å². The summed E-state index contributed by atoms with van der Waals surface area (Å²) in [6, 6.07) is 7.80. The number of hydrogen-bond acceptors (Lipinski definition) is 3. The molecule has 4 nitrogen and oxygen atoms in total. The summed E-state index contributed by atoms with van der Waals surface area (Å²) in [5, 5.41) is 0. The molecule has 0 spiro atoms. The van der Waals surface area contributed by atoms with E-state index >= 15 is 0 Å². The van der Waals surface area contributed by atoms with Crippen LogP contribution in [-0.4, -0.2) is 44.5 Å². The molecule has 1 fully saturated rings. The van der Waals surface area contributed by atoms with Crippen LogP contribution >= 0.6 is 0 Å². The zero-order valence-electron chi connectivity index (χ0n) is 12.7. The summed E-state index contributed by atoms with van der Waals surface area (Å²) < 4.78 is 0. The van der Waals surface area contributed by atoms with Gasteiger partial charge in [0.15, 0.2) is 0 Å². The maximum Gasteiger partial charge on any atom is 0.253 e. The third-order valence-corrected chi connectivity index (χ3v) is 4.38. The van der Waals surface area contributed by atoms with E-state index < -0.39 is 0 Å². The first-order valence-electron chi connectivity index (χ1n) is 7.22. The number of amides is 1. The summed E-state index contributed by atoms with van der Waals surface area (Å²) in [6.45, 7) is 4.52. The van der Waals surface area contributed by atoms with Gasteiger partial charge in [0.25, 0.3) is 5.91 Å². The molecule has 0 radical (unpaired) electrons. The average molecular weight is 275 g/mol. The Bertz CT molecular complexity index is 459. The van der Waals surface area contributed by atoms with Crippen LogP contribution in [0.1, 0.15) is 30.1 Å². The van der Waals surface area contributed by atoms with Gasteiger partial charge in [0, 0.05) is 38.4 Å². The van der Waals surface area contributed by atoms with Crippen molar-refractivity contribution < 1.29 is 4.79 Å². The Hall–Kier alpha value is -1.55. The number of nitrogens with zero attached hydrogens (tertiary/aromatic N) is 2. The third-order valence-electron chi connectivity index (χ3n) is 4.38. The first-order valence-corrected chi connectivity index (χ1v) is 7.22. The minimum Gasteiger partial charge on any atom is -0.378 e. The highest BCUT2D eigenvalue weighted by Crippen LogP contribution is 2.30. The number of hydrogen-bond donors (Lipinski definition) is 1. The number of likely N-dealkylation sites (tertiary alicyclic amines) is 1. The molecule has 0 unspecified atom stereocenters. The molecule has 1 saturated heterocycles. The second-order valence-electron chi connectivity index (χ2n) is 6.25. The van der Waals surface area contributed by atoms with Crippen molar-refractivity contribution in [2.45, 2.75) is 19.8 Å². The monoisotopic (exact) mass is 275 g/mol. The van der Waals surface area contributed by atoms with Gasteiger partial charge in [-0.15, -0.1) is 0 Å². The molecular weight excluding hydrogens is 250 g/mol. The Balaban J connectivity index is 2.02. The lowest BCUT2D eigenvalue weighted by atomic mass is 9.80. The van der Waals surface area contributed by atoms with Crippen LogP contribution in [0.5, 0.6) is 0 Å². The van der Waals surface area contributed by atoms with Gasteiger partial charge in [0.2, 0.25) is 0 Å². The topological polar surface area (TPSA) is 49.6 Å². The molecule has 1 heterocycles. The van der Waals surface area contributed by atoms with Gasteiger partial charge in [0.1, 0.15) is 0 Å². The van der Waals surface area contributed by atoms with Gasteiger partial charge in [0.05, 0.1) is 0 Å². The minimum absolute atomic E-state index is 0.134. The quantitative estimate of drug-likeness (QED) is 0.917. The van der Waals surface area contributed by atoms with Crippen LogP contribution in [0.4, 0.5) is 5.69 Å². The van der Waals surface area contributed by atoms with Crippen molar-refractivity contribution in [2.24, 2.45) is 11.1 Å². The van der Waals surface area contributed by atoms with Gasteiger partial charge < -0.3 is 15.5 Å². The molecule has 1 aliphatic rings. The van der Waals surface area contributed by atoms with Crippen LogP contribution < -0.4 is 10.6 Å². The van der Waals surface area contributed by atoms with Crippen LogP contribution in [0.25, 0.3) is 0 Å². The van der Waals surface area contributed by atoms with E-state index in [-0.39, 0.29) is 11.3 Å². The van der Waals surface area contributed by atoms with Crippen molar-refractivity contribution in [2.75, 3.05) is 38.6 Å². The number of anilines is 1. The molecule has 0 aromatic heterocycles. The number of benzene rings is 1. The molecule has 110 valence electrons. The summed E-state index contributed by atoms with van der Waals surface area (Å²) >= 11 is 0. The number of piperidine rings is 1. The Morgan fingerprint density at radius 1 is 1.25 bits per heavy atom. The van der Waals surface area contributed by atoms with Crippen LogP contribution in [0.2, 0.25) is 0 Å². The predicted molar refractivity (Wildman–Crippen MR) is 83.1 cm³/mol. The van der Waals surface area contributed by atoms with Crippen LogP contribution in [0, 0.1) is 5.41 Å². The number of carbonyl (C=O) groups excluding carboxylic acids is 1. The van der Waals surface area contributed by atoms with Crippen molar-refractivity contribution in [1.82, 2.24) is 4.90 Å². The fourth-order valence-corrected chi connectivity index (χ4v) is 2.54. The zero-order valence-corrected chi connectivity index (χ0v) is 12.7. The second kappa shape index (κ2) is 5.83. The number of rotatable bonds is 3. The van der Waals surface area contributed by atoms with Crippen molar-refractivity contribution >= 4 is 11.6 Å². The van der Waals surface area contributed by atoms with Crippen molar-refractivity contribution in [3.8, 4) is 0 Å². The van der Waals surface area contributed by atoms with E-state index in [1.165, 1.54) is 0 Å². The molecule has 1 aromatic carbocycles. The highest BCUT2D eigenvalue weighted by Gasteiger charge is 2.30. The van der Waals surface area contributed by atoms with E-state index in [9.17, 15) is 4.79 Å². The average Bonchev–Trinajstić information content (AvgIpc) is 2.47. The van der Waals surface area contributed by atoms with Gasteiger partial charge in [-0.25, -0.2) is 0 Å². The van der Waals surface area contributed by atoms with E-state index in [4.69, 9.17) is 5.73 Å². The largest absolute Gasteiger partial charge is 0.378 e. The molecule has 0 bridgehead atoms. The lowest BCUT2D eigenvalue weighted by molar-refractivity contribution is 0.0617. The van der Waals surface area contributed by atoms with Crippen LogP contribution in [0.3, 0.4) is 0 Å². The molecule has 4 heteroatoms. The lowest BCUT2D eigenvalue weighted by Crippen LogP contribution is -2.44. The van der Waals surface area contributed by atoms with Gasteiger partial charge in [-0.2, -0.15) is 0 Å². The molecule has 2 rings (SSSR count). The maximum absolute atomic E-state index is 12.5. The first-order chi connectivity index (χ1) is 9.45. The molecule has 2 N–H and O–H groups in total. The third kappa shape index (κ3) is 3.12. The lowest BCUT2D eigenvalue weighted by Gasteiger charge is -2.38. The van der Waals surface area contributed by atoms with Crippen LogP contribution in [0.15, 0.2) is 24.3 Å². The summed E-state index contributed by atoms with van der Waals surface area (Å²) in [4.78, 5) is 16.4. The Labute approximate surface area is 121 Å². The van der Waals surface area contributed by atoms with Crippen molar-refractivity contribution in [3.05, 3.63) is 29.8 Å². The Morgan fingerprint density at radius 2 is 1.80 bits per heavy atom. The predicted octanol–water partition coefficient (Wildman–Crippen LogP) is 1.95. The molecule has 0 atom stereocenters. The van der Waals surface area contributed by atoms with E-state index in [1.54, 1.807) is 0 Å². The molecule has 20 heavy (non-hydrogen) atoms. The standard InChI is InChI=1S/C16H25N3O/c1-16(12-17)8-10-19(11-9-16)15(20)13-4-6-14(7-5-13)18(2)3/h4-7H,8-12,17H2,1-3H3. The van der Waals surface area contributed by atoms with Crippen molar-refractivity contribution in [3.63, 3.8) is 0 Å². The van der Waals surface area contributed by atoms with Gasteiger partial charge in [-0.1, -0.05) is 6.92 Å². The molecule has 0 saturated carbocycles. The second-order valence-corrected chi connectivity index (χ2v) is 6.25. The van der Waals surface area contributed by atoms with E-state index in [2.05, 4.69) is 6.92 Å². The highest BCUT2D eigenvalue weighted by molar-refractivity contribution is 5.94. The molecule has 1 aromatic rings. The molecule has 0 aliphatic carbocycles. The normalized spacial score (nSPS) is 17.9. The van der Waals surface area contributed by atoms with E-state index in [0.29, 0.717) is 6.54 Å². The SMILES string of the molecule is CN(C)c1ccc(C(=O)N2CCC(C)(CN)CC2)cc1. The summed E-state index contributed by atoms with van der Waals surface area (Å²) in [5.74, 6) is 0.134. The fraction of sp³-hybridized carbons (Fsp3) is 0.562. The fourth-order valence-electron chi connectivity index (χ4n) is 2.54. The molecule has 1 amide bonds.